The number of carbonyl (C=O) groups excluding carboxylic acids is 1. The standard InChI is InChI=1S/C17H21N5O3/c1-11-3-4-12(17(20-11)24-2)16(23)22-13-6-8-25-9-14(13)21-15-5-7-18-10-19-15/h3-5,7,10,13-14H,6,8-9H2,1-2H3,(H,22,23)(H,18,19,21)/t13-,14+/m0/s1. The van der Waals surface area contributed by atoms with E-state index >= 15 is 0 Å². The van der Waals surface area contributed by atoms with Gasteiger partial charge in [0.25, 0.3) is 5.91 Å². The van der Waals surface area contributed by atoms with E-state index in [1.807, 2.05) is 6.92 Å². The molecule has 3 heterocycles. The monoisotopic (exact) mass is 343 g/mol. The molecule has 1 fully saturated rings. The molecule has 0 radical (unpaired) electrons. The van der Waals surface area contributed by atoms with Gasteiger partial charge in [-0.3, -0.25) is 4.79 Å². The lowest BCUT2D eigenvalue weighted by Gasteiger charge is -2.33. The normalized spacial score (nSPS) is 19.9. The van der Waals surface area contributed by atoms with Crippen molar-refractivity contribution in [3.05, 3.63) is 42.0 Å². The second kappa shape index (κ2) is 7.89. The molecule has 0 spiro atoms. The van der Waals surface area contributed by atoms with Crippen LogP contribution in [0, 0.1) is 6.92 Å². The van der Waals surface area contributed by atoms with Crippen molar-refractivity contribution in [1.29, 1.82) is 0 Å². The summed E-state index contributed by atoms with van der Waals surface area (Å²) >= 11 is 0. The number of ether oxygens (including phenoxy) is 2. The quantitative estimate of drug-likeness (QED) is 0.841. The SMILES string of the molecule is COc1nc(C)ccc1C(=O)N[C@H]1CCOC[C@H]1Nc1ccncn1. The molecule has 25 heavy (non-hydrogen) atoms. The summed E-state index contributed by atoms with van der Waals surface area (Å²) in [6, 6.07) is 5.11. The molecule has 1 aliphatic rings. The minimum atomic E-state index is -0.217. The molecule has 2 atom stereocenters. The number of amides is 1. The number of hydrogen-bond acceptors (Lipinski definition) is 7. The minimum Gasteiger partial charge on any atom is -0.480 e. The molecule has 0 aliphatic carbocycles. The highest BCUT2D eigenvalue weighted by Gasteiger charge is 2.28. The molecule has 3 rings (SSSR count). The molecule has 1 amide bonds. The van der Waals surface area contributed by atoms with Gasteiger partial charge in [0.2, 0.25) is 5.88 Å². The van der Waals surface area contributed by atoms with Gasteiger partial charge in [-0.15, -0.1) is 0 Å². The van der Waals surface area contributed by atoms with Crippen LogP contribution >= 0.6 is 0 Å². The topological polar surface area (TPSA) is 98.3 Å². The first-order valence-electron chi connectivity index (χ1n) is 8.10. The molecule has 2 aromatic heterocycles. The summed E-state index contributed by atoms with van der Waals surface area (Å²) in [5.74, 6) is 0.801. The fourth-order valence-corrected chi connectivity index (χ4v) is 2.73. The van der Waals surface area contributed by atoms with Crippen LogP contribution in [0.1, 0.15) is 22.5 Å². The summed E-state index contributed by atoms with van der Waals surface area (Å²) in [6.45, 7) is 2.93. The Bertz CT molecular complexity index is 725. The first-order chi connectivity index (χ1) is 12.2. The van der Waals surface area contributed by atoms with Gasteiger partial charge in [-0.2, -0.15) is 0 Å². The molecule has 1 saturated heterocycles. The lowest BCUT2D eigenvalue weighted by Crippen LogP contribution is -2.52. The third-order valence-corrected chi connectivity index (χ3v) is 4.03. The summed E-state index contributed by atoms with van der Waals surface area (Å²) in [6.07, 6.45) is 3.84. The van der Waals surface area contributed by atoms with Gasteiger partial charge in [0.05, 0.1) is 25.8 Å². The summed E-state index contributed by atoms with van der Waals surface area (Å²) in [5, 5.41) is 6.34. The number of aromatic nitrogens is 3. The average Bonchev–Trinajstić information content (AvgIpc) is 2.64. The van der Waals surface area contributed by atoms with Crippen LogP contribution in [0.15, 0.2) is 30.7 Å². The van der Waals surface area contributed by atoms with Crippen LogP contribution < -0.4 is 15.4 Å². The molecule has 8 nitrogen and oxygen atoms in total. The van der Waals surface area contributed by atoms with E-state index in [4.69, 9.17) is 9.47 Å². The maximum Gasteiger partial charge on any atom is 0.257 e. The van der Waals surface area contributed by atoms with E-state index in [2.05, 4.69) is 25.6 Å². The Labute approximate surface area is 146 Å². The van der Waals surface area contributed by atoms with Gasteiger partial charge < -0.3 is 20.1 Å². The van der Waals surface area contributed by atoms with Crippen LogP contribution in [-0.2, 0) is 4.74 Å². The Morgan fingerprint density at radius 3 is 2.96 bits per heavy atom. The van der Waals surface area contributed by atoms with Crippen LogP contribution in [0.25, 0.3) is 0 Å². The van der Waals surface area contributed by atoms with Crippen molar-refractivity contribution in [2.45, 2.75) is 25.4 Å². The third kappa shape index (κ3) is 4.21. The van der Waals surface area contributed by atoms with Gasteiger partial charge in [-0.1, -0.05) is 0 Å². The van der Waals surface area contributed by atoms with Crippen LogP contribution in [0.5, 0.6) is 5.88 Å². The zero-order valence-electron chi connectivity index (χ0n) is 14.2. The maximum atomic E-state index is 12.7. The Morgan fingerprint density at radius 1 is 1.32 bits per heavy atom. The molecule has 132 valence electrons. The number of nitrogens with one attached hydrogen (secondary N) is 2. The Balaban J connectivity index is 1.72. The summed E-state index contributed by atoms with van der Waals surface area (Å²) in [5.41, 5.74) is 1.21. The molecule has 0 aromatic carbocycles. The van der Waals surface area contributed by atoms with Gasteiger partial charge in [0, 0.05) is 18.5 Å². The third-order valence-electron chi connectivity index (χ3n) is 4.03. The molecule has 1 aliphatic heterocycles. The van der Waals surface area contributed by atoms with E-state index in [9.17, 15) is 4.79 Å². The van der Waals surface area contributed by atoms with Crippen LogP contribution in [0.2, 0.25) is 0 Å². The van der Waals surface area contributed by atoms with Crippen molar-refractivity contribution >= 4 is 11.7 Å². The number of anilines is 1. The molecule has 2 aromatic rings. The molecule has 0 saturated carbocycles. The lowest BCUT2D eigenvalue weighted by atomic mass is 10.0. The molecule has 2 N–H and O–H groups in total. The molecular weight excluding hydrogens is 322 g/mol. The predicted octanol–water partition coefficient (Wildman–Crippen LogP) is 1.19. The number of carbonyl (C=O) groups is 1. The maximum absolute atomic E-state index is 12.7. The Morgan fingerprint density at radius 2 is 2.20 bits per heavy atom. The fourth-order valence-electron chi connectivity index (χ4n) is 2.73. The van der Waals surface area contributed by atoms with Crippen LogP contribution in [-0.4, -0.2) is 53.3 Å². The molecule has 0 unspecified atom stereocenters. The smallest absolute Gasteiger partial charge is 0.257 e. The van der Waals surface area contributed by atoms with Crippen LogP contribution in [0.3, 0.4) is 0 Å². The number of nitrogens with zero attached hydrogens (tertiary/aromatic N) is 3. The van der Waals surface area contributed by atoms with Crippen molar-refractivity contribution < 1.29 is 14.3 Å². The van der Waals surface area contributed by atoms with Gasteiger partial charge in [0.1, 0.15) is 17.7 Å². The number of pyridine rings is 1. The first kappa shape index (κ1) is 17.1. The first-order valence-corrected chi connectivity index (χ1v) is 8.10. The average molecular weight is 343 g/mol. The van der Waals surface area contributed by atoms with Crippen molar-refractivity contribution in [2.24, 2.45) is 0 Å². The zero-order valence-corrected chi connectivity index (χ0v) is 14.2. The second-order valence-corrected chi connectivity index (χ2v) is 5.80. The fraction of sp³-hybridized carbons (Fsp3) is 0.412. The number of rotatable bonds is 5. The number of hydrogen-bond donors (Lipinski definition) is 2. The van der Waals surface area contributed by atoms with Gasteiger partial charge >= 0.3 is 0 Å². The van der Waals surface area contributed by atoms with Gasteiger partial charge in [-0.25, -0.2) is 15.0 Å². The van der Waals surface area contributed by atoms with Crippen molar-refractivity contribution in [1.82, 2.24) is 20.3 Å². The van der Waals surface area contributed by atoms with E-state index < -0.39 is 0 Å². The highest BCUT2D eigenvalue weighted by Crippen LogP contribution is 2.18. The highest BCUT2D eigenvalue weighted by molar-refractivity contribution is 5.96. The van der Waals surface area contributed by atoms with Gasteiger partial charge in [0.15, 0.2) is 0 Å². The van der Waals surface area contributed by atoms with Crippen molar-refractivity contribution in [2.75, 3.05) is 25.6 Å². The zero-order chi connectivity index (χ0) is 17.6. The highest BCUT2D eigenvalue weighted by atomic mass is 16.5. The van der Waals surface area contributed by atoms with Crippen molar-refractivity contribution in [3.8, 4) is 5.88 Å². The molecule has 8 heteroatoms. The Kier molecular flexibility index (Phi) is 5.39. The minimum absolute atomic E-state index is 0.0861. The molecular formula is C17H21N5O3. The second-order valence-electron chi connectivity index (χ2n) is 5.80. The van der Waals surface area contributed by atoms with Crippen molar-refractivity contribution in [3.63, 3.8) is 0 Å². The number of methoxy groups -OCH3 is 1. The van der Waals surface area contributed by atoms with E-state index in [-0.39, 0.29) is 18.0 Å². The summed E-state index contributed by atoms with van der Waals surface area (Å²) in [7, 11) is 1.51. The van der Waals surface area contributed by atoms with Crippen LogP contribution in [0.4, 0.5) is 5.82 Å². The largest absolute Gasteiger partial charge is 0.480 e. The Hall–Kier alpha value is -2.74. The van der Waals surface area contributed by atoms with Gasteiger partial charge in [-0.05, 0) is 31.5 Å². The van der Waals surface area contributed by atoms with E-state index in [0.717, 1.165) is 5.69 Å². The summed E-state index contributed by atoms with van der Waals surface area (Å²) < 4.78 is 10.8. The van der Waals surface area contributed by atoms with E-state index in [1.54, 1.807) is 24.4 Å². The predicted molar refractivity (Wildman–Crippen MR) is 91.7 cm³/mol. The molecule has 0 bridgehead atoms. The van der Waals surface area contributed by atoms with E-state index in [0.29, 0.717) is 36.9 Å². The van der Waals surface area contributed by atoms with E-state index in [1.165, 1.54) is 13.4 Å². The summed E-state index contributed by atoms with van der Waals surface area (Å²) in [4.78, 5) is 25.0. The number of aryl methyl sites for hydroxylation is 1. The lowest BCUT2D eigenvalue weighted by molar-refractivity contribution is 0.0619.